The Labute approximate surface area is 114 Å². The second-order valence-corrected chi connectivity index (χ2v) is 6.98. The number of hydrogen-bond acceptors (Lipinski definition) is 2. The molecule has 0 aliphatic rings. The lowest BCUT2D eigenvalue weighted by molar-refractivity contribution is 0.507. The van der Waals surface area contributed by atoms with E-state index < -0.39 is 10.8 Å². The summed E-state index contributed by atoms with van der Waals surface area (Å²) in [5.41, 5.74) is 1.24. The molecule has 2 nitrogen and oxygen atoms in total. The molecular weight excluding hydrogens is 242 g/mol. The number of benzene rings is 1. The molecule has 0 aliphatic heterocycles. The fraction of sp³-hybridized carbons (Fsp3) is 0.600. The summed E-state index contributed by atoms with van der Waals surface area (Å²) in [5, 5.41) is 3.87. The maximum Gasteiger partial charge on any atom is 0.0542 e. The summed E-state index contributed by atoms with van der Waals surface area (Å²) in [7, 11) is -0.804. The van der Waals surface area contributed by atoms with E-state index in [0.29, 0.717) is 0 Å². The zero-order chi connectivity index (χ0) is 13.5. The molecule has 0 radical (unpaired) electrons. The molecule has 3 unspecified atom stereocenters. The third-order valence-corrected chi connectivity index (χ3v) is 5.25. The molecule has 0 aliphatic carbocycles. The Morgan fingerprint density at radius 2 is 1.78 bits per heavy atom. The molecule has 1 rings (SSSR count). The molecule has 0 spiro atoms. The van der Waals surface area contributed by atoms with Crippen LogP contribution >= 0.6 is 0 Å². The molecule has 0 heterocycles. The first-order valence-electron chi connectivity index (χ1n) is 6.79. The van der Waals surface area contributed by atoms with Crippen LogP contribution in [0.5, 0.6) is 0 Å². The van der Waals surface area contributed by atoms with Crippen molar-refractivity contribution in [3.8, 4) is 0 Å². The summed E-state index contributed by atoms with van der Waals surface area (Å²) in [6, 6.07) is 10.5. The first-order chi connectivity index (χ1) is 8.61. The minimum atomic E-state index is -0.804. The molecule has 0 saturated heterocycles. The summed E-state index contributed by atoms with van der Waals surface area (Å²) in [5.74, 6) is 0. The molecule has 3 heteroatoms. The monoisotopic (exact) mass is 267 g/mol. The number of hydrogen-bond donors (Lipinski definition) is 1. The van der Waals surface area contributed by atoms with Crippen LogP contribution in [0.2, 0.25) is 0 Å². The highest BCUT2D eigenvalue weighted by Gasteiger charge is 2.27. The first-order valence-corrected chi connectivity index (χ1v) is 8.07. The molecule has 102 valence electrons. The molecule has 1 aromatic rings. The van der Waals surface area contributed by atoms with Crippen LogP contribution < -0.4 is 5.32 Å². The van der Waals surface area contributed by atoms with Crippen LogP contribution in [0, 0.1) is 0 Å². The Morgan fingerprint density at radius 3 is 2.22 bits per heavy atom. The van der Waals surface area contributed by atoms with Crippen LogP contribution in [0.3, 0.4) is 0 Å². The van der Waals surface area contributed by atoms with E-state index in [0.717, 1.165) is 13.0 Å². The average Bonchev–Trinajstić information content (AvgIpc) is 2.39. The van der Waals surface area contributed by atoms with Crippen LogP contribution in [0.15, 0.2) is 30.3 Å². The zero-order valence-electron chi connectivity index (χ0n) is 11.8. The SMILES string of the molecule is CCNC(c1ccccc1)C(CC)S(=O)C(C)C. The Kier molecular flexibility index (Phi) is 6.58. The molecule has 0 aromatic heterocycles. The third kappa shape index (κ3) is 3.92. The summed E-state index contributed by atoms with van der Waals surface area (Å²) in [6.07, 6.45) is 0.928. The normalized spacial score (nSPS) is 16.5. The Balaban J connectivity index is 2.99. The van der Waals surface area contributed by atoms with Gasteiger partial charge >= 0.3 is 0 Å². The minimum absolute atomic E-state index is 0.173. The van der Waals surface area contributed by atoms with Gasteiger partial charge in [0.05, 0.1) is 5.25 Å². The van der Waals surface area contributed by atoms with Gasteiger partial charge in [-0.1, -0.05) is 58.0 Å². The van der Waals surface area contributed by atoms with Crippen LogP contribution in [-0.4, -0.2) is 21.3 Å². The summed E-state index contributed by atoms with van der Waals surface area (Å²) >= 11 is 0. The van der Waals surface area contributed by atoms with Crippen LogP contribution in [-0.2, 0) is 10.8 Å². The average molecular weight is 267 g/mol. The van der Waals surface area contributed by atoms with E-state index >= 15 is 0 Å². The van der Waals surface area contributed by atoms with Crippen molar-refractivity contribution in [2.45, 2.75) is 50.7 Å². The van der Waals surface area contributed by atoms with E-state index in [9.17, 15) is 4.21 Å². The highest BCUT2D eigenvalue weighted by molar-refractivity contribution is 7.86. The molecule has 0 saturated carbocycles. The van der Waals surface area contributed by atoms with Gasteiger partial charge in [0.2, 0.25) is 0 Å². The second kappa shape index (κ2) is 7.70. The molecular formula is C15H25NOS. The van der Waals surface area contributed by atoms with E-state index in [1.807, 2.05) is 32.0 Å². The molecule has 0 amide bonds. The van der Waals surface area contributed by atoms with Gasteiger partial charge in [0, 0.05) is 22.1 Å². The van der Waals surface area contributed by atoms with Gasteiger partial charge in [-0.05, 0) is 18.5 Å². The van der Waals surface area contributed by atoms with Crippen molar-refractivity contribution in [2.75, 3.05) is 6.54 Å². The first kappa shape index (κ1) is 15.4. The highest BCUT2D eigenvalue weighted by Crippen LogP contribution is 2.24. The highest BCUT2D eigenvalue weighted by atomic mass is 32.2. The maximum absolute atomic E-state index is 12.4. The summed E-state index contributed by atoms with van der Waals surface area (Å²) in [4.78, 5) is 0. The van der Waals surface area contributed by atoms with Gasteiger partial charge in [0.25, 0.3) is 0 Å². The predicted molar refractivity (Wildman–Crippen MR) is 80.2 cm³/mol. The quantitative estimate of drug-likeness (QED) is 0.821. The van der Waals surface area contributed by atoms with E-state index in [1.54, 1.807) is 0 Å². The summed E-state index contributed by atoms with van der Waals surface area (Å²) < 4.78 is 12.4. The van der Waals surface area contributed by atoms with Gasteiger partial charge in [-0.25, -0.2) is 0 Å². The fourth-order valence-corrected chi connectivity index (χ4v) is 3.78. The van der Waals surface area contributed by atoms with Crippen molar-refractivity contribution in [2.24, 2.45) is 0 Å². The minimum Gasteiger partial charge on any atom is -0.309 e. The van der Waals surface area contributed by atoms with E-state index in [1.165, 1.54) is 5.56 Å². The predicted octanol–water partition coefficient (Wildman–Crippen LogP) is 3.27. The molecule has 1 aromatic carbocycles. The topological polar surface area (TPSA) is 29.1 Å². The molecule has 3 atom stereocenters. The van der Waals surface area contributed by atoms with Gasteiger partial charge < -0.3 is 5.32 Å². The summed E-state index contributed by atoms with van der Waals surface area (Å²) in [6.45, 7) is 9.18. The van der Waals surface area contributed by atoms with Gasteiger partial charge in [-0.15, -0.1) is 0 Å². The number of nitrogens with one attached hydrogen (secondary N) is 1. The second-order valence-electron chi connectivity index (χ2n) is 4.77. The molecule has 0 bridgehead atoms. The van der Waals surface area contributed by atoms with Crippen molar-refractivity contribution in [3.05, 3.63) is 35.9 Å². The third-order valence-electron chi connectivity index (χ3n) is 3.12. The van der Waals surface area contributed by atoms with Gasteiger partial charge in [-0.2, -0.15) is 0 Å². The Morgan fingerprint density at radius 1 is 1.17 bits per heavy atom. The van der Waals surface area contributed by atoms with E-state index in [-0.39, 0.29) is 16.5 Å². The van der Waals surface area contributed by atoms with Gasteiger partial charge in [0.1, 0.15) is 0 Å². The van der Waals surface area contributed by atoms with Crippen molar-refractivity contribution in [1.29, 1.82) is 0 Å². The van der Waals surface area contributed by atoms with Crippen LogP contribution in [0.25, 0.3) is 0 Å². The Hall–Kier alpha value is -0.670. The lowest BCUT2D eigenvalue weighted by atomic mass is 10.0. The fourth-order valence-electron chi connectivity index (χ4n) is 2.23. The van der Waals surface area contributed by atoms with Crippen molar-refractivity contribution >= 4 is 10.8 Å². The van der Waals surface area contributed by atoms with Crippen LogP contribution in [0.1, 0.15) is 45.7 Å². The van der Waals surface area contributed by atoms with E-state index in [4.69, 9.17) is 0 Å². The van der Waals surface area contributed by atoms with Gasteiger partial charge in [-0.3, -0.25) is 4.21 Å². The molecule has 0 fully saturated rings. The van der Waals surface area contributed by atoms with Gasteiger partial charge in [0.15, 0.2) is 0 Å². The van der Waals surface area contributed by atoms with Crippen molar-refractivity contribution in [1.82, 2.24) is 5.32 Å². The Bertz CT molecular complexity index is 364. The smallest absolute Gasteiger partial charge is 0.0542 e. The zero-order valence-corrected chi connectivity index (χ0v) is 12.7. The van der Waals surface area contributed by atoms with E-state index in [2.05, 4.69) is 31.3 Å². The molecule has 18 heavy (non-hydrogen) atoms. The standard InChI is InChI=1S/C15H25NOS/c1-5-14(18(17)12(3)4)15(16-6-2)13-10-8-7-9-11-13/h7-12,14-16H,5-6H2,1-4H3. The van der Waals surface area contributed by atoms with Crippen molar-refractivity contribution in [3.63, 3.8) is 0 Å². The lowest BCUT2D eigenvalue weighted by Gasteiger charge is -2.28. The maximum atomic E-state index is 12.4. The largest absolute Gasteiger partial charge is 0.309 e. The lowest BCUT2D eigenvalue weighted by Crippen LogP contribution is -2.36. The molecule has 1 N–H and O–H groups in total. The van der Waals surface area contributed by atoms with Crippen LogP contribution in [0.4, 0.5) is 0 Å². The number of rotatable bonds is 7. The van der Waals surface area contributed by atoms with Crippen molar-refractivity contribution < 1.29 is 4.21 Å².